The molecule has 1 aromatic heterocycles. The standard InChI is InChI=1S/C17H26ClNO/c1-11-8-6-5-7-9-16(11)19-12(2)10-15(14(19)4)17(20)13(3)18/h10-11,13,16H,5-9H2,1-4H3. The minimum absolute atomic E-state index is 0.0484. The molecule has 1 heterocycles. The fourth-order valence-electron chi connectivity index (χ4n) is 3.61. The smallest absolute Gasteiger partial charge is 0.182 e. The molecule has 1 fully saturated rings. The highest BCUT2D eigenvalue weighted by molar-refractivity contribution is 6.33. The second-order valence-corrected chi connectivity index (χ2v) is 6.97. The number of hydrogen-bond donors (Lipinski definition) is 0. The molecule has 0 aliphatic heterocycles. The molecule has 0 bridgehead atoms. The number of alkyl halides is 1. The maximum Gasteiger partial charge on any atom is 0.182 e. The van der Waals surface area contributed by atoms with Gasteiger partial charge in [-0.3, -0.25) is 4.79 Å². The Hall–Kier alpha value is -0.760. The lowest BCUT2D eigenvalue weighted by Crippen LogP contribution is -2.19. The van der Waals surface area contributed by atoms with E-state index in [2.05, 4.69) is 25.3 Å². The molecule has 3 heteroatoms. The Morgan fingerprint density at radius 1 is 1.30 bits per heavy atom. The summed E-state index contributed by atoms with van der Waals surface area (Å²) in [5, 5.41) is -0.449. The summed E-state index contributed by atoms with van der Waals surface area (Å²) >= 11 is 5.98. The second kappa shape index (κ2) is 6.34. The molecule has 3 unspecified atom stereocenters. The molecule has 3 atom stereocenters. The van der Waals surface area contributed by atoms with Gasteiger partial charge in [-0.25, -0.2) is 0 Å². The Morgan fingerprint density at radius 2 is 1.95 bits per heavy atom. The van der Waals surface area contributed by atoms with Crippen molar-refractivity contribution in [3.05, 3.63) is 23.0 Å². The minimum atomic E-state index is -0.449. The summed E-state index contributed by atoms with van der Waals surface area (Å²) in [6.07, 6.45) is 6.48. The van der Waals surface area contributed by atoms with E-state index in [1.54, 1.807) is 6.92 Å². The van der Waals surface area contributed by atoms with E-state index in [-0.39, 0.29) is 5.78 Å². The average molecular weight is 296 g/mol. The van der Waals surface area contributed by atoms with E-state index in [0.717, 1.165) is 11.3 Å². The number of nitrogens with zero attached hydrogens (tertiary/aromatic N) is 1. The van der Waals surface area contributed by atoms with E-state index in [4.69, 9.17) is 11.6 Å². The Kier molecular flexibility index (Phi) is 4.95. The van der Waals surface area contributed by atoms with Gasteiger partial charge >= 0.3 is 0 Å². The van der Waals surface area contributed by atoms with E-state index < -0.39 is 5.38 Å². The minimum Gasteiger partial charge on any atom is -0.345 e. The average Bonchev–Trinajstić information content (AvgIpc) is 2.56. The molecule has 0 N–H and O–H groups in total. The molecule has 0 spiro atoms. The van der Waals surface area contributed by atoms with Crippen molar-refractivity contribution >= 4 is 17.4 Å². The molecule has 0 saturated heterocycles. The Balaban J connectivity index is 2.39. The lowest BCUT2D eigenvalue weighted by Gasteiger charge is -2.27. The van der Waals surface area contributed by atoms with E-state index in [9.17, 15) is 4.79 Å². The van der Waals surface area contributed by atoms with Crippen LogP contribution in [0.25, 0.3) is 0 Å². The van der Waals surface area contributed by atoms with Crippen molar-refractivity contribution < 1.29 is 4.79 Å². The van der Waals surface area contributed by atoms with Crippen LogP contribution in [0.4, 0.5) is 0 Å². The van der Waals surface area contributed by atoms with Crippen molar-refractivity contribution in [1.29, 1.82) is 0 Å². The van der Waals surface area contributed by atoms with Gasteiger partial charge in [0.1, 0.15) is 0 Å². The second-order valence-electron chi connectivity index (χ2n) is 6.32. The fraction of sp³-hybridized carbons (Fsp3) is 0.706. The van der Waals surface area contributed by atoms with Crippen LogP contribution >= 0.6 is 11.6 Å². The lowest BCUT2D eigenvalue weighted by molar-refractivity contribution is 0.0991. The Labute approximate surface area is 127 Å². The molecule has 112 valence electrons. The van der Waals surface area contributed by atoms with Crippen molar-refractivity contribution in [3.8, 4) is 0 Å². The normalized spacial score (nSPS) is 25.2. The number of aromatic nitrogens is 1. The molecule has 1 saturated carbocycles. The summed E-state index contributed by atoms with van der Waals surface area (Å²) in [5.41, 5.74) is 3.10. The number of rotatable bonds is 3. The van der Waals surface area contributed by atoms with Gasteiger partial charge in [-0.2, -0.15) is 0 Å². The van der Waals surface area contributed by atoms with Gasteiger partial charge in [0, 0.05) is 23.0 Å². The molecule has 20 heavy (non-hydrogen) atoms. The highest BCUT2D eigenvalue weighted by Crippen LogP contribution is 2.35. The maximum atomic E-state index is 12.2. The first-order chi connectivity index (χ1) is 9.43. The molecular weight excluding hydrogens is 270 g/mol. The number of carbonyl (C=O) groups excluding carboxylic acids is 1. The van der Waals surface area contributed by atoms with Crippen LogP contribution in [0.15, 0.2) is 6.07 Å². The lowest BCUT2D eigenvalue weighted by atomic mass is 9.96. The highest BCUT2D eigenvalue weighted by atomic mass is 35.5. The largest absolute Gasteiger partial charge is 0.345 e. The van der Waals surface area contributed by atoms with Crippen LogP contribution in [0.5, 0.6) is 0 Å². The van der Waals surface area contributed by atoms with Gasteiger partial charge in [0.15, 0.2) is 5.78 Å². The van der Waals surface area contributed by atoms with Crippen molar-refractivity contribution in [3.63, 3.8) is 0 Å². The predicted octanol–water partition coefficient (Wildman–Crippen LogP) is 5.06. The zero-order chi connectivity index (χ0) is 14.9. The van der Waals surface area contributed by atoms with Crippen LogP contribution < -0.4 is 0 Å². The van der Waals surface area contributed by atoms with Gasteiger partial charge in [-0.15, -0.1) is 11.6 Å². The van der Waals surface area contributed by atoms with Gasteiger partial charge in [0.2, 0.25) is 0 Å². The van der Waals surface area contributed by atoms with E-state index in [1.807, 2.05) is 6.07 Å². The maximum absolute atomic E-state index is 12.2. The molecule has 2 rings (SSSR count). The number of aryl methyl sites for hydroxylation is 1. The number of ketones is 1. The summed E-state index contributed by atoms with van der Waals surface area (Å²) < 4.78 is 2.39. The van der Waals surface area contributed by atoms with Crippen molar-refractivity contribution in [2.45, 2.75) is 71.2 Å². The van der Waals surface area contributed by atoms with Crippen LogP contribution in [-0.2, 0) is 0 Å². The van der Waals surface area contributed by atoms with E-state index >= 15 is 0 Å². The van der Waals surface area contributed by atoms with Gasteiger partial charge in [-0.1, -0.05) is 26.2 Å². The van der Waals surface area contributed by atoms with E-state index in [0.29, 0.717) is 12.0 Å². The molecule has 0 radical (unpaired) electrons. The van der Waals surface area contributed by atoms with E-state index in [1.165, 1.54) is 37.8 Å². The van der Waals surface area contributed by atoms with Gasteiger partial charge < -0.3 is 4.57 Å². The molecule has 1 aromatic rings. The zero-order valence-corrected chi connectivity index (χ0v) is 13.8. The zero-order valence-electron chi connectivity index (χ0n) is 13.1. The third-order valence-electron chi connectivity index (χ3n) is 4.76. The molecule has 1 aliphatic rings. The quantitative estimate of drug-likeness (QED) is 0.434. The third-order valence-corrected chi connectivity index (χ3v) is 4.96. The van der Waals surface area contributed by atoms with Crippen LogP contribution in [-0.4, -0.2) is 15.7 Å². The number of hydrogen-bond acceptors (Lipinski definition) is 1. The van der Waals surface area contributed by atoms with Crippen LogP contribution in [0.3, 0.4) is 0 Å². The van der Waals surface area contributed by atoms with Crippen molar-refractivity contribution in [2.24, 2.45) is 5.92 Å². The first kappa shape index (κ1) is 15.6. The van der Waals surface area contributed by atoms with Crippen LogP contribution in [0.1, 0.15) is 73.7 Å². The summed E-state index contributed by atoms with van der Waals surface area (Å²) in [7, 11) is 0. The SMILES string of the molecule is Cc1cc(C(=O)C(C)Cl)c(C)n1C1CCCCCC1C. The highest BCUT2D eigenvalue weighted by Gasteiger charge is 2.27. The summed E-state index contributed by atoms with van der Waals surface area (Å²) in [6, 6.07) is 2.55. The topological polar surface area (TPSA) is 22.0 Å². The van der Waals surface area contributed by atoms with Gasteiger partial charge in [-0.05, 0) is 45.6 Å². The Bertz CT molecular complexity index is 489. The summed E-state index contributed by atoms with van der Waals surface area (Å²) in [4.78, 5) is 12.2. The number of halogens is 1. The first-order valence-corrected chi connectivity index (χ1v) is 8.23. The third kappa shape index (κ3) is 2.95. The van der Waals surface area contributed by atoms with Crippen molar-refractivity contribution in [2.75, 3.05) is 0 Å². The molecule has 0 aromatic carbocycles. The summed E-state index contributed by atoms with van der Waals surface area (Å²) in [6.45, 7) is 8.28. The molecule has 1 aliphatic carbocycles. The molecular formula is C17H26ClNO. The summed E-state index contributed by atoms with van der Waals surface area (Å²) in [5.74, 6) is 0.728. The van der Waals surface area contributed by atoms with Gasteiger partial charge in [0.05, 0.1) is 5.38 Å². The van der Waals surface area contributed by atoms with Crippen molar-refractivity contribution in [1.82, 2.24) is 4.57 Å². The molecule has 2 nitrogen and oxygen atoms in total. The fourth-order valence-corrected chi connectivity index (χ4v) is 3.73. The number of carbonyl (C=O) groups is 1. The first-order valence-electron chi connectivity index (χ1n) is 7.80. The van der Waals surface area contributed by atoms with Crippen LogP contribution in [0.2, 0.25) is 0 Å². The monoisotopic (exact) mass is 295 g/mol. The van der Waals surface area contributed by atoms with Gasteiger partial charge in [0.25, 0.3) is 0 Å². The molecule has 0 amide bonds. The number of Topliss-reactive ketones (excluding diaryl/α,β-unsaturated/α-hetero) is 1. The Morgan fingerprint density at radius 3 is 2.60 bits per heavy atom. The predicted molar refractivity (Wildman–Crippen MR) is 84.8 cm³/mol. The van der Waals surface area contributed by atoms with Crippen LogP contribution in [0, 0.1) is 19.8 Å².